The molecule has 136 valence electrons. The van der Waals surface area contributed by atoms with Crippen LogP contribution in [0, 0.1) is 0 Å². The SMILES string of the molecule is O=C1C=C(Nc2ccccc2OCCn2cc(Cl)cn2)C(=O)N1CCO. The molecule has 0 fully saturated rings. The number of imide groups is 1. The third-order valence-corrected chi connectivity index (χ3v) is 3.86. The molecular weight excluding hydrogens is 360 g/mol. The number of rotatable bonds is 8. The Kier molecular flexibility index (Phi) is 5.55. The largest absolute Gasteiger partial charge is 0.489 e. The predicted octanol–water partition coefficient (Wildman–Crippen LogP) is 1.27. The van der Waals surface area contributed by atoms with E-state index in [1.807, 2.05) is 0 Å². The predicted molar refractivity (Wildman–Crippen MR) is 94.7 cm³/mol. The lowest BCUT2D eigenvalue weighted by Crippen LogP contribution is -2.34. The molecule has 2 amide bonds. The van der Waals surface area contributed by atoms with Gasteiger partial charge in [-0.1, -0.05) is 23.7 Å². The third kappa shape index (κ3) is 4.04. The van der Waals surface area contributed by atoms with Crippen LogP contribution >= 0.6 is 11.6 Å². The van der Waals surface area contributed by atoms with Crippen LogP contribution in [-0.4, -0.2) is 51.4 Å². The van der Waals surface area contributed by atoms with Gasteiger partial charge in [0.1, 0.15) is 18.1 Å². The Labute approximate surface area is 154 Å². The fourth-order valence-electron chi connectivity index (χ4n) is 2.46. The Morgan fingerprint density at radius 2 is 2.04 bits per heavy atom. The normalized spacial score (nSPS) is 13.9. The van der Waals surface area contributed by atoms with Crippen LogP contribution < -0.4 is 10.1 Å². The minimum atomic E-state index is -0.481. The average Bonchev–Trinajstić information content (AvgIpc) is 3.15. The van der Waals surface area contributed by atoms with Gasteiger partial charge in [-0.2, -0.15) is 5.10 Å². The fraction of sp³-hybridized carbons (Fsp3) is 0.235. The molecule has 1 aromatic heterocycles. The van der Waals surface area contributed by atoms with E-state index in [0.717, 1.165) is 4.90 Å². The summed E-state index contributed by atoms with van der Waals surface area (Å²) in [4.78, 5) is 25.0. The van der Waals surface area contributed by atoms with Crippen molar-refractivity contribution in [1.29, 1.82) is 0 Å². The minimum absolute atomic E-state index is 0.0378. The lowest BCUT2D eigenvalue weighted by molar-refractivity contribution is -0.137. The number of ether oxygens (including phenoxy) is 1. The zero-order chi connectivity index (χ0) is 18.5. The molecule has 0 unspecified atom stereocenters. The third-order valence-electron chi connectivity index (χ3n) is 3.67. The molecule has 0 saturated carbocycles. The number of β-amino-alcohol motifs (C(OH)–C–C–N with tert-alkyl or cyclic N) is 1. The van der Waals surface area contributed by atoms with Crippen LogP contribution in [0.1, 0.15) is 0 Å². The van der Waals surface area contributed by atoms with Gasteiger partial charge in [-0.25, -0.2) is 0 Å². The molecule has 2 heterocycles. The Hall–Kier alpha value is -2.84. The first-order valence-electron chi connectivity index (χ1n) is 7.93. The van der Waals surface area contributed by atoms with Crippen molar-refractivity contribution < 1.29 is 19.4 Å². The molecule has 1 aliphatic rings. The standard InChI is InChI=1S/C17H17ClN4O4/c18-12-10-19-21(11-12)6-8-26-15-4-2-1-3-13(15)20-14-9-16(24)22(5-7-23)17(14)25/h1-4,9-11,20,23H,5-8H2. The van der Waals surface area contributed by atoms with Crippen molar-refractivity contribution in [3.05, 3.63) is 53.5 Å². The highest BCUT2D eigenvalue weighted by atomic mass is 35.5. The van der Waals surface area contributed by atoms with Crippen LogP contribution in [0.15, 0.2) is 48.4 Å². The molecule has 0 aliphatic carbocycles. The summed E-state index contributed by atoms with van der Waals surface area (Å²) in [5.41, 5.74) is 0.697. The van der Waals surface area contributed by atoms with Crippen molar-refractivity contribution in [1.82, 2.24) is 14.7 Å². The molecule has 0 spiro atoms. The van der Waals surface area contributed by atoms with E-state index >= 15 is 0 Å². The number of carbonyl (C=O) groups excluding carboxylic acids is 2. The first-order valence-corrected chi connectivity index (χ1v) is 8.31. The van der Waals surface area contributed by atoms with Gasteiger partial charge in [0, 0.05) is 12.3 Å². The smallest absolute Gasteiger partial charge is 0.277 e. The van der Waals surface area contributed by atoms with E-state index in [1.165, 1.54) is 6.08 Å². The maximum atomic E-state index is 12.2. The summed E-state index contributed by atoms with van der Waals surface area (Å²) in [6, 6.07) is 7.09. The number of hydrogen-bond acceptors (Lipinski definition) is 6. The van der Waals surface area contributed by atoms with E-state index in [0.29, 0.717) is 29.6 Å². The number of aliphatic hydroxyl groups excluding tert-OH is 1. The molecule has 3 rings (SSSR count). The Morgan fingerprint density at radius 3 is 2.77 bits per heavy atom. The van der Waals surface area contributed by atoms with Gasteiger partial charge in [-0.3, -0.25) is 19.2 Å². The van der Waals surface area contributed by atoms with Crippen molar-refractivity contribution in [3.8, 4) is 5.75 Å². The van der Waals surface area contributed by atoms with Gasteiger partial charge in [0.15, 0.2) is 0 Å². The van der Waals surface area contributed by atoms with Gasteiger partial charge in [-0.05, 0) is 12.1 Å². The van der Waals surface area contributed by atoms with Crippen molar-refractivity contribution in [2.45, 2.75) is 6.54 Å². The summed E-state index contributed by atoms with van der Waals surface area (Å²) in [5, 5.41) is 16.5. The summed E-state index contributed by atoms with van der Waals surface area (Å²) < 4.78 is 7.41. The van der Waals surface area contributed by atoms with Gasteiger partial charge in [0.25, 0.3) is 11.8 Å². The maximum Gasteiger partial charge on any atom is 0.277 e. The van der Waals surface area contributed by atoms with Crippen LogP contribution in [0.2, 0.25) is 5.02 Å². The van der Waals surface area contributed by atoms with Crippen LogP contribution in [0.4, 0.5) is 5.69 Å². The van der Waals surface area contributed by atoms with Gasteiger partial charge in [-0.15, -0.1) is 0 Å². The molecular formula is C17H17ClN4O4. The zero-order valence-electron chi connectivity index (χ0n) is 13.8. The molecule has 1 aromatic carbocycles. The number of amides is 2. The summed E-state index contributed by atoms with van der Waals surface area (Å²) in [5.74, 6) is -0.405. The van der Waals surface area contributed by atoms with Gasteiger partial charge in [0.05, 0.1) is 36.6 Å². The van der Waals surface area contributed by atoms with Crippen LogP contribution in [-0.2, 0) is 16.1 Å². The second kappa shape index (κ2) is 8.03. The highest BCUT2D eigenvalue weighted by Crippen LogP contribution is 2.27. The first-order chi connectivity index (χ1) is 12.6. The number of halogens is 1. The molecule has 2 aromatic rings. The van der Waals surface area contributed by atoms with Gasteiger partial charge < -0.3 is 15.2 Å². The highest BCUT2D eigenvalue weighted by molar-refractivity contribution is 6.30. The van der Waals surface area contributed by atoms with E-state index in [-0.39, 0.29) is 18.8 Å². The first kappa shape index (κ1) is 18.0. The number of hydrogen-bond donors (Lipinski definition) is 2. The van der Waals surface area contributed by atoms with Gasteiger partial charge in [0.2, 0.25) is 0 Å². The Bertz CT molecular complexity index is 849. The summed E-state index contributed by atoms with van der Waals surface area (Å²) in [6.07, 6.45) is 4.45. The summed E-state index contributed by atoms with van der Waals surface area (Å²) in [7, 11) is 0. The van der Waals surface area contributed by atoms with E-state index in [9.17, 15) is 9.59 Å². The molecule has 2 N–H and O–H groups in total. The number of para-hydroxylation sites is 2. The number of aromatic nitrogens is 2. The molecule has 1 aliphatic heterocycles. The van der Waals surface area contributed by atoms with E-state index < -0.39 is 11.8 Å². The topological polar surface area (TPSA) is 96.7 Å². The molecule has 0 saturated heterocycles. The molecule has 0 radical (unpaired) electrons. The molecule has 26 heavy (non-hydrogen) atoms. The molecule has 0 atom stereocenters. The number of benzene rings is 1. The van der Waals surface area contributed by atoms with E-state index in [2.05, 4.69) is 10.4 Å². The summed E-state index contributed by atoms with van der Waals surface area (Å²) >= 11 is 5.82. The minimum Gasteiger partial charge on any atom is -0.489 e. The van der Waals surface area contributed by atoms with Crippen LogP contribution in [0.5, 0.6) is 5.75 Å². The van der Waals surface area contributed by atoms with Crippen LogP contribution in [0.25, 0.3) is 0 Å². The molecule has 0 bridgehead atoms. The average molecular weight is 377 g/mol. The fourth-order valence-corrected chi connectivity index (χ4v) is 2.62. The second-order valence-corrected chi connectivity index (χ2v) is 5.90. The number of nitrogens with one attached hydrogen (secondary N) is 1. The van der Waals surface area contributed by atoms with Crippen molar-refractivity contribution in [2.24, 2.45) is 0 Å². The Balaban J connectivity index is 1.65. The summed E-state index contributed by atoms with van der Waals surface area (Å²) in [6.45, 7) is 0.532. The van der Waals surface area contributed by atoms with Crippen molar-refractivity contribution >= 4 is 29.1 Å². The highest BCUT2D eigenvalue weighted by Gasteiger charge is 2.30. The molecule has 9 heteroatoms. The van der Waals surface area contributed by atoms with Gasteiger partial charge >= 0.3 is 0 Å². The number of nitrogens with zero attached hydrogens (tertiary/aromatic N) is 3. The number of aliphatic hydroxyl groups is 1. The van der Waals surface area contributed by atoms with Crippen LogP contribution in [0.3, 0.4) is 0 Å². The number of carbonyl (C=O) groups is 2. The zero-order valence-corrected chi connectivity index (χ0v) is 14.5. The van der Waals surface area contributed by atoms with Crippen molar-refractivity contribution in [2.75, 3.05) is 25.1 Å². The van der Waals surface area contributed by atoms with E-state index in [1.54, 1.807) is 41.3 Å². The van der Waals surface area contributed by atoms with E-state index in [4.69, 9.17) is 21.4 Å². The quantitative estimate of drug-likeness (QED) is 0.673. The lowest BCUT2D eigenvalue weighted by atomic mass is 10.2. The number of anilines is 1. The second-order valence-electron chi connectivity index (χ2n) is 5.47. The molecule has 8 nitrogen and oxygen atoms in total. The Morgan fingerprint density at radius 1 is 1.23 bits per heavy atom. The lowest BCUT2D eigenvalue weighted by Gasteiger charge is -2.15. The maximum absolute atomic E-state index is 12.2. The monoisotopic (exact) mass is 376 g/mol. The van der Waals surface area contributed by atoms with Crippen molar-refractivity contribution in [3.63, 3.8) is 0 Å².